The van der Waals surface area contributed by atoms with E-state index in [-0.39, 0.29) is 0 Å². The van der Waals surface area contributed by atoms with Crippen molar-refractivity contribution in [3.63, 3.8) is 0 Å². The normalized spacial score (nSPS) is 45.1. The van der Waals surface area contributed by atoms with Gasteiger partial charge in [-0.3, -0.25) is 4.79 Å². The molecule has 3 saturated carbocycles. The van der Waals surface area contributed by atoms with Crippen molar-refractivity contribution in [1.29, 1.82) is 0 Å². The molecule has 4 aliphatic rings. The quantitative estimate of drug-likeness (QED) is 0.528. The van der Waals surface area contributed by atoms with Gasteiger partial charge in [0.15, 0.2) is 0 Å². The van der Waals surface area contributed by atoms with Crippen LogP contribution in [0.1, 0.15) is 85.5 Å². The second-order valence-electron chi connectivity index (χ2n) is 8.49. The van der Waals surface area contributed by atoms with Crippen LogP contribution in [0.2, 0.25) is 0 Å². The van der Waals surface area contributed by atoms with Gasteiger partial charge in [-0.1, -0.05) is 39.3 Å². The Hall–Kier alpha value is -0.590. The van der Waals surface area contributed by atoms with Crippen LogP contribution in [-0.4, -0.2) is 5.78 Å². The Kier molecular flexibility index (Phi) is 5.04. The second-order valence-corrected chi connectivity index (χ2v) is 8.49. The maximum Gasteiger partial charge on any atom is 0.133 e. The Morgan fingerprint density at radius 1 is 1.09 bits per heavy atom. The lowest BCUT2D eigenvalue weighted by atomic mass is 9.50. The molecule has 0 aromatic carbocycles. The average Bonchev–Trinajstić information content (AvgIpc) is 2.92. The Morgan fingerprint density at radius 3 is 2.61 bits per heavy atom. The zero-order chi connectivity index (χ0) is 16.6. The lowest BCUT2D eigenvalue weighted by molar-refractivity contribution is -0.126. The smallest absolute Gasteiger partial charge is 0.133 e. The van der Waals surface area contributed by atoms with Crippen LogP contribution in [-0.2, 0) is 4.79 Å². The van der Waals surface area contributed by atoms with Gasteiger partial charge in [0.1, 0.15) is 5.78 Å². The highest BCUT2D eigenvalue weighted by atomic mass is 16.1. The molecule has 23 heavy (non-hydrogen) atoms. The zero-order valence-corrected chi connectivity index (χ0v) is 15.7. The molecule has 0 aromatic rings. The minimum atomic E-state index is 0.521. The Labute approximate surface area is 143 Å². The second kappa shape index (κ2) is 6.73. The van der Waals surface area contributed by atoms with Gasteiger partial charge in [-0.05, 0) is 80.0 Å². The largest absolute Gasteiger partial charge is 0.300 e. The Balaban J connectivity index is 0.000000753. The summed E-state index contributed by atoms with van der Waals surface area (Å²) < 4.78 is 0. The lowest BCUT2D eigenvalue weighted by Gasteiger charge is -2.55. The van der Waals surface area contributed by atoms with Gasteiger partial charge in [0.2, 0.25) is 0 Å². The van der Waals surface area contributed by atoms with E-state index >= 15 is 0 Å². The van der Waals surface area contributed by atoms with Gasteiger partial charge < -0.3 is 0 Å². The van der Waals surface area contributed by atoms with Crippen molar-refractivity contribution in [3.8, 4) is 0 Å². The number of Topliss-reactive ketones (excluding diaryl/α,β-unsaturated/α-hetero) is 1. The molecule has 1 nitrogen and oxygen atoms in total. The maximum atomic E-state index is 11.8. The highest BCUT2D eigenvalue weighted by molar-refractivity contribution is 5.79. The molecule has 4 aliphatic carbocycles. The van der Waals surface area contributed by atoms with Crippen molar-refractivity contribution in [3.05, 3.63) is 11.6 Å². The summed E-state index contributed by atoms with van der Waals surface area (Å²) in [6, 6.07) is 0. The summed E-state index contributed by atoms with van der Waals surface area (Å²) in [4.78, 5) is 11.8. The van der Waals surface area contributed by atoms with Gasteiger partial charge in [0.05, 0.1) is 0 Å². The van der Waals surface area contributed by atoms with E-state index in [1.807, 2.05) is 13.8 Å². The molecule has 1 heteroatoms. The molecular weight excluding hydrogens is 280 g/mol. The average molecular weight is 317 g/mol. The Bertz CT molecular complexity index is 476. The van der Waals surface area contributed by atoms with Crippen molar-refractivity contribution in [2.45, 2.75) is 85.5 Å². The predicted octanol–water partition coefficient (Wildman–Crippen LogP) is 6.18. The monoisotopic (exact) mass is 316 g/mol. The molecule has 0 saturated heterocycles. The first-order valence-electron chi connectivity index (χ1n) is 10.3. The van der Waals surface area contributed by atoms with Crippen LogP contribution in [0.15, 0.2) is 11.6 Å². The molecule has 0 aliphatic heterocycles. The van der Waals surface area contributed by atoms with Crippen molar-refractivity contribution in [2.75, 3.05) is 0 Å². The van der Waals surface area contributed by atoms with Crippen LogP contribution in [0.5, 0.6) is 0 Å². The highest BCUT2D eigenvalue weighted by Crippen LogP contribution is 2.62. The molecule has 0 amide bonds. The highest BCUT2D eigenvalue weighted by Gasteiger charge is 2.54. The number of rotatable bonds is 1. The summed E-state index contributed by atoms with van der Waals surface area (Å²) >= 11 is 0. The minimum absolute atomic E-state index is 0.521. The van der Waals surface area contributed by atoms with E-state index in [4.69, 9.17) is 0 Å². The van der Waals surface area contributed by atoms with Crippen LogP contribution in [0.25, 0.3) is 0 Å². The molecule has 0 aromatic heterocycles. The summed E-state index contributed by atoms with van der Waals surface area (Å²) in [6.45, 7) is 8.90. The van der Waals surface area contributed by atoms with Crippen LogP contribution in [0.3, 0.4) is 0 Å². The number of allylic oxidation sites excluding steroid dienone is 2. The van der Waals surface area contributed by atoms with Crippen LogP contribution in [0.4, 0.5) is 0 Å². The number of hydrogen-bond donors (Lipinski definition) is 0. The van der Waals surface area contributed by atoms with Gasteiger partial charge in [0, 0.05) is 12.8 Å². The molecule has 3 fully saturated rings. The van der Waals surface area contributed by atoms with E-state index in [0.717, 1.165) is 42.4 Å². The fraction of sp³-hybridized carbons (Fsp3) is 0.864. The fourth-order valence-corrected chi connectivity index (χ4v) is 6.86. The van der Waals surface area contributed by atoms with Gasteiger partial charge >= 0.3 is 0 Å². The number of carbonyl (C=O) groups is 1. The first-order chi connectivity index (χ1) is 11.1. The first kappa shape index (κ1) is 17.2. The van der Waals surface area contributed by atoms with Gasteiger partial charge in [0.25, 0.3) is 0 Å². The fourth-order valence-electron chi connectivity index (χ4n) is 6.86. The molecule has 6 unspecified atom stereocenters. The third-order valence-electron chi connectivity index (χ3n) is 7.89. The number of ketones is 1. The van der Waals surface area contributed by atoms with Crippen molar-refractivity contribution < 1.29 is 4.79 Å². The van der Waals surface area contributed by atoms with Crippen molar-refractivity contribution in [2.24, 2.45) is 35.0 Å². The molecule has 6 atom stereocenters. The van der Waals surface area contributed by atoms with Crippen molar-refractivity contribution >= 4 is 5.78 Å². The molecule has 4 rings (SSSR count). The molecule has 0 N–H and O–H groups in total. The summed E-state index contributed by atoms with van der Waals surface area (Å²) in [6.07, 6.45) is 13.8. The Morgan fingerprint density at radius 2 is 1.87 bits per heavy atom. The number of fused-ring (bicyclic) bond motifs is 5. The van der Waals surface area contributed by atoms with E-state index in [1.165, 1.54) is 44.9 Å². The van der Waals surface area contributed by atoms with E-state index < -0.39 is 0 Å². The summed E-state index contributed by atoms with van der Waals surface area (Å²) in [5, 5.41) is 0. The van der Waals surface area contributed by atoms with Crippen LogP contribution >= 0.6 is 0 Å². The predicted molar refractivity (Wildman–Crippen MR) is 97.2 cm³/mol. The van der Waals surface area contributed by atoms with Crippen molar-refractivity contribution in [1.82, 2.24) is 0 Å². The molecule has 130 valence electrons. The third-order valence-corrected chi connectivity index (χ3v) is 7.89. The van der Waals surface area contributed by atoms with Gasteiger partial charge in [-0.2, -0.15) is 0 Å². The van der Waals surface area contributed by atoms with E-state index in [2.05, 4.69) is 19.9 Å². The molecule has 0 radical (unpaired) electrons. The number of carbonyl (C=O) groups excluding carboxylic acids is 1. The zero-order valence-electron chi connectivity index (χ0n) is 15.7. The van der Waals surface area contributed by atoms with E-state index in [1.54, 1.807) is 5.57 Å². The first-order valence-corrected chi connectivity index (χ1v) is 10.3. The third kappa shape index (κ3) is 2.72. The SMILES string of the molecule is CC.CCC1=CCC2C3CCC4CC(=O)CCC4C3CCC12C. The van der Waals surface area contributed by atoms with Crippen LogP contribution in [0, 0.1) is 35.0 Å². The standard InChI is InChI=1S/C20H30O.C2H6/c1-3-14-5-9-19-18-7-4-13-12-15(21)6-8-16(13)17(18)10-11-20(14,19)2;1-2/h5,13,16-19H,3-4,6-12H2,1-2H3;1-2H3. The summed E-state index contributed by atoms with van der Waals surface area (Å²) in [7, 11) is 0. The van der Waals surface area contributed by atoms with Gasteiger partial charge in [-0.25, -0.2) is 0 Å². The minimum Gasteiger partial charge on any atom is -0.300 e. The lowest BCUT2D eigenvalue weighted by Crippen LogP contribution is -2.48. The maximum absolute atomic E-state index is 11.8. The topological polar surface area (TPSA) is 17.1 Å². The molecule has 0 spiro atoms. The molecular formula is C22H36O. The van der Waals surface area contributed by atoms with E-state index in [9.17, 15) is 4.79 Å². The van der Waals surface area contributed by atoms with Gasteiger partial charge in [-0.15, -0.1) is 0 Å². The summed E-state index contributed by atoms with van der Waals surface area (Å²) in [5.41, 5.74) is 2.28. The van der Waals surface area contributed by atoms with E-state index in [0.29, 0.717) is 11.2 Å². The number of hydrogen-bond acceptors (Lipinski definition) is 1. The molecule has 0 heterocycles. The molecule has 0 bridgehead atoms. The summed E-state index contributed by atoms with van der Waals surface area (Å²) in [5.74, 6) is 5.00. The van der Waals surface area contributed by atoms with Crippen LogP contribution < -0.4 is 0 Å².